The fourth-order valence-corrected chi connectivity index (χ4v) is 3.73. The van der Waals surface area contributed by atoms with Gasteiger partial charge >= 0.3 is 5.97 Å². The molecule has 0 bridgehead atoms. The molecule has 0 aliphatic carbocycles. The van der Waals surface area contributed by atoms with Gasteiger partial charge in [-0.05, 0) is 48.5 Å². The lowest BCUT2D eigenvalue weighted by atomic mass is 10.1. The summed E-state index contributed by atoms with van der Waals surface area (Å²) in [4.78, 5) is 21.2. The van der Waals surface area contributed by atoms with Gasteiger partial charge in [0.2, 0.25) is 0 Å². The Morgan fingerprint density at radius 2 is 1.88 bits per heavy atom. The molecule has 0 saturated carbocycles. The fraction of sp³-hybridized carbons (Fsp3) is 0.0800. The molecule has 166 valence electrons. The molecule has 0 radical (unpaired) electrons. The topological polar surface area (TPSA) is 82.6 Å². The Bertz CT molecular complexity index is 1270. The summed E-state index contributed by atoms with van der Waals surface area (Å²) < 4.78 is 16.0. The first-order valence-electron chi connectivity index (χ1n) is 10.0. The van der Waals surface area contributed by atoms with E-state index in [4.69, 9.17) is 14.2 Å². The van der Waals surface area contributed by atoms with Crippen molar-refractivity contribution in [3.63, 3.8) is 0 Å². The Labute approximate surface area is 195 Å². The second kappa shape index (κ2) is 10.4. The maximum Gasteiger partial charge on any atom is 0.336 e. The number of rotatable bonds is 8. The third-order valence-corrected chi connectivity index (χ3v) is 5.33. The average Bonchev–Trinajstić information content (AvgIpc) is 3.31. The van der Waals surface area contributed by atoms with Crippen molar-refractivity contribution in [1.82, 2.24) is 9.97 Å². The van der Waals surface area contributed by atoms with Crippen LogP contribution in [0.1, 0.15) is 5.56 Å². The number of pyridine rings is 1. The summed E-state index contributed by atoms with van der Waals surface area (Å²) in [6.07, 6.45) is 4.70. The predicted octanol–water partition coefficient (Wildman–Crippen LogP) is 5.58. The number of hydrogen-bond acceptors (Lipinski definition) is 8. The van der Waals surface area contributed by atoms with E-state index in [9.17, 15) is 4.79 Å². The SMILES string of the molecule is COc1ccc(OC)c(/C=C/C(=O)Oc2cccc(Nc3nc(-c4ccccn4)cs3)c2)c1. The van der Waals surface area contributed by atoms with E-state index >= 15 is 0 Å². The van der Waals surface area contributed by atoms with Crippen LogP contribution in [0.3, 0.4) is 0 Å². The molecule has 7 nitrogen and oxygen atoms in total. The lowest BCUT2D eigenvalue weighted by molar-refractivity contribution is -0.128. The average molecular weight is 460 g/mol. The molecule has 2 aromatic carbocycles. The van der Waals surface area contributed by atoms with Gasteiger partial charge in [-0.1, -0.05) is 12.1 Å². The number of thiazole rings is 1. The number of aromatic nitrogens is 2. The molecule has 2 aromatic heterocycles. The molecule has 0 spiro atoms. The molecule has 4 aromatic rings. The van der Waals surface area contributed by atoms with Gasteiger partial charge in [-0.15, -0.1) is 11.3 Å². The second-order valence-corrected chi connectivity index (χ2v) is 7.63. The van der Waals surface area contributed by atoms with Crippen molar-refractivity contribution in [2.24, 2.45) is 0 Å². The van der Waals surface area contributed by atoms with E-state index in [0.717, 1.165) is 17.1 Å². The lowest BCUT2D eigenvalue weighted by Gasteiger charge is -2.07. The van der Waals surface area contributed by atoms with Gasteiger partial charge in [0, 0.05) is 35.0 Å². The Morgan fingerprint density at radius 3 is 2.67 bits per heavy atom. The Hall–Kier alpha value is -4.17. The van der Waals surface area contributed by atoms with Crippen LogP contribution in [0.2, 0.25) is 0 Å². The highest BCUT2D eigenvalue weighted by Gasteiger charge is 2.08. The van der Waals surface area contributed by atoms with Crippen LogP contribution in [0.15, 0.2) is 78.3 Å². The van der Waals surface area contributed by atoms with Crippen LogP contribution < -0.4 is 19.5 Å². The third-order valence-electron chi connectivity index (χ3n) is 4.57. The van der Waals surface area contributed by atoms with E-state index in [2.05, 4.69) is 15.3 Å². The van der Waals surface area contributed by atoms with Gasteiger partial charge < -0.3 is 19.5 Å². The molecule has 0 unspecified atom stereocenters. The van der Waals surface area contributed by atoms with Crippen molar-refractivity contribution in [3.05, 3.63) is 83.9 Å². The maximum atomic E-state index is 12.4. The number of hydrogen-bond donors (Lipinski definition) is 1. The van der Waals surface area contributed by atoms with E-state index in [-0.39, 0.29) is 0 Å². The molecule has 8 heteroatoms. The molecule has 0 aliphatic heterocycles. The zero-order valence-electron chi connectivity index (χ0n) is 18.0. The molecule has 4 rings (SSSR count). The molecule has 0 amide bonds. The molecule has 0 aliphatic rings. The van der Waals surface area contributed by atoms with Crippen LogP contribution in [-0.4, -0.2) is 30.2 Å². The molecule has 0 atom stereocenters. The first kappa shape index (κ1) is 22.0. The van der Waals surface area contributed by atoms with E-state index in [0.29, 0.717) is 27.9 Å². The number of benzene rings is 2. The van der Waals surface area contributed by atoms with E-state index < -0.39 is 5.97 Å². The fourth-order valence-electron chi connectivity index (χ4n) is 3.00. The van der Waals surface area contributed by atoms with Crippen molar-refractivity contribution in [2.75, 3.05) is 19.5 Å². The van der Waals surface area contributed by atoms with Gasteiger partial charge in [0.1, 0.15) is 22.9 Å². The molecule has 1 N–H and O–H groups in total. The van der Waals surface area contributed by atoms with Crippen molar-refractivity contribution in [1.29, 1.82) is 0 Å². The molecule has 33 heavy (non-hydrogen) atoms. The number of methoxy groups -OCH3 is 2. The monoisotopic (exact) mass is 459 g/mol. The summed E-state index contributed by atoms with van der Waals surface area (Å²) in [5.74, 6) is 1.19. The Kier molecular flexibility index (Phi) is 6.96. The number of nitrogens with zero attached hydrogens (tertiary/aromatic N) is 2. The molecule has 0 fully saturated rings. The zero-order valence-corrected chi connectivity index (χ0v) is 18.8. The minimum atomic E-state index is -0.510. The first-order valence-corrected chi connectivity index (χ1v) is 10.9. The lowest BCUT2D eigenvalue weighted by Crippen LogP contribution is -2.04. The molecule has 2 heterocycles. The number of anilines is 2. The van der Waals surface area contributed by atoms with Gasteiger partial charge in [0.05, 0.1) is 19.9 Å². The molecular weight excluding hydrogens is 438 g/mol. The predicted molar refractivity (Wildman–Crippen MR) is 129 cm³/mol. The summed E-state index contributed by atoms with van der Waals surface area (Å²) in [6.45, 7) is 0. The number of carbonyl (C=O) groups is 1. The Balaban J connectivity index is 1.42. The largest absolute Gasteiger partial charge is 0.497 e. The summed E-state index contributed by atoms with van der Waals surface area (Å²) >= 11 is 1.47. The standard InChI is InChI=1S/C25H21N3O4S/c1-30-19-10-11-23(31-2)17(14-19)9-12-24(29)32-20-7-5-6-18(15-20)27-25-28-22(16-33-25)21-8-3-4-13-26-21/h3-16H,1-2H3,(H,27,28)/b12-9+. The van der Waals surface area contributed by atoms with Gasteiger partial charge in [0.15, 0.2) is 5.13 Å². The maximum absolute atomic E-state index is 12.4. The minimum absolute atomic E-state index is 0.411. The van der Waals surface area contributed by atoms with Crippen LogP contribution in [0.25, 0.3) is 17.5 Å². The molecular formula is C25H21N3O4S. The smallest absolute Gasteiger partial charge is 0.336 e. The normalized spacial score (nSPS) is 10.7. The summed E-state index contributed by atoms with van der Waals surface area (Å²) in [5, 5.41) is 5.88. The zero-order chi connectivity index (χ0) is 23.0. The first-order chi connectivity index (χ1) is 16.1. The number of carbonyl (C=O) groups excluding carboxylic acids is 1. The number of ether oxygens (including phenoxy) is 3. The highest BCUT2D eigenvalue weighted by molar-refractivity contribution is 7.14. The summed E-state index contributed by atoms with van der Waals surface area (Å²) in [5.41, 5.74) is 3.06. The third kappa shape index (κ3) is 5.75. The summed E-state index contributed by atoms with van der Waals surface area (Å²) in [6, 6.07) is 18.2. The van der Waals surface area contributed by atoms with Crippen LogP contribution >= 0.6 is 11.3 Å². The number of nitrogens with one attached hydrogen (secondary N) is 1. The van der Waals surface area contributed by atoms with Gasteiger partial charge in [-0.3, -0.25) is 4.98 Å². The molecule has 0 saturated heterocycles. The quantitative estimate of drug-likeness (QED) is 0.209. The van der Waals surface area contributed by atoms with Crippen molar-refractivity contribution in [2.45, 2.75) is 0 Å². The van der Waals surface area contributed by atoms with Crippen LogP contribution in [0.5, 0.6) is 17.2 Å². The van der Waals surface area contributed by atoms with Crippen molar-refractivity contribution >= 4 is 34.2 Å². The van der Waals surface area contributed by atoms with E-state index in [1.54, 1.807) is 62.9 Å². The Morgan fingerprint density at radius 1 is 0.970 bits per heavy atom. The van der Waals surface area contributed by atoms with Crippen LogP contribution in [-0.2, 0) is 4.79 Å². The number of esters is 1. The van der Waals surface area contributed by atoms with Gasteiger partial charge in [0.25, 0.3) is 0 Å². The minimum Gasteiger partial charge on any atom is -0.497 e. The highest BCUT2D eigenvalue weighted by Crippen LogP contribution is 2.28. The van der Waals surface area contributed by atoms with E-state index in [1.807, 2.05) is 29.6 Å². The van der Waals surface area contributed by atoms with Crippen LogP contribution in [0.4, 0.5) is 10.8 Å². The van der Waals surface area contributed by atoms with Crippen molar-refractivity contribution in [3.8, 4) is 28.6 Å². The van der Waals surface area contributed by atoms with Crippen LogP contribution in [0, 0.1) is 0 Å². The van der Waals surface area contributed by atoms with E-state index in [1.165, 1.54) is 17.4 Å². The summed E-state index contributed by atoms with van der Waals surface area (Å²) in [7, 11) is 3.15. The van der Waals surface area contributed by atoms with Crippen molar-refractivity contribution < 1.29 is 19.0 Å². The highest BCUT2D eigenvalue weighted by atomic mass is 32.1. The van der Waals surface area contributed by atoms with Gasteiger partial charge in [-0.25, -0.2) is 9.78 Å². The second-order valence-electron chi connectivity index (χ2n) is 6.77. The van der Waals surface area contributed by atoms with Gasteiger partial charge in [-0.2, -0.15) is 0 Å².